The number of fused-ring (bicyclic) bond motifs is 3. The molecular formula is C10H20Cl2N4. The quantitative estimate of drug-likeness (QED) is 0.475. The lowest BCUT2D eigenvalue weighted by Gasteiger charge is -2.29. The van der Waals surface area contributed by atoms with Crippen LogP contribution in [0, 0.1) is 0 Å². The predicted molar refractivity (Wildman–Crippen MR) is 68.2 cm³/mol. The number of rotatable bonds is 0. The summed E-state index contributed by atoms with van der Waals surface area (Å²) in [6.07, 6.45) is 0. The molecule has 2 saturated heterocycles. The summed E-state index contributed by atoms with van der Waals surface area (Å²) in [5.41, 5.74) is -0.289. The zero-order valence-corrected chi connectivity index (χ0v) is 11.0. The summed E-state index contributed by atoms with van der Waals surface area (Å²) in [7, 11) is 0. The molecule has 0 amide bonds. The molecule has 0 aromatic rings. The second-order valence-corrected chi connectivity index (χ2v) is 5.27. The second kappa shape index (κ2) is 6.38. The van der Waals surface area contributed by atoms with E-state index >= 15 is 0 Å². The molecule has 2 rings (SSSR count). The van der Waals surface area contributed by atoms with Gasteiger partial charge in [0.05, 0.1) is 0 Å². The molecule has 0 aromatic carbocycles. The zero-order valence-electron chi connectivity index (χ0n) is 9.46. The first-order chi connectivity index (χ1) is 7.77. The van der Waals surface area contributed by atoms with Gasteiger partial charge in [-0.25, -0.2) is 0 Å². The number of alkyl halides is 2. The molecule has 4 atom stereocenters. The van der Waals surface area contributed by atoms with Crippen LogP contribution >= 0.6 is 23.2 Å². The van der Waals surface area contributed by atoms with Gasteiger partial charge in [0.2, 0.25) is 0 Å². The van der Waals surface area contributed by atoms with Gasteiger partial charge in [-0.05, 0) is 0 Å². The van der Waals surface area contributed by atoms with E-state index in [0.717, 1.165) is 52.4 Å². The Kier molecular flexibility index (Phi) is 5.13. The van der Waals surface area contributed by atoms with Crippen LogP contribution in [0.3, 0.4) is 0 Å². The normalized spacial score (nSPS) is 42.4. The van der Waals surface area contributed by atoms with E-state index in [-0.39, 0.29) is 11.0 Å². The third-order valence-electron chi connectivity index (χ3n) is 3.24. The maximum Gasteiger partial charge on any atom is 0.115 e. The Labute approximate surface area is 107 Å². The third-order valence-corrected chi connectivity index (χ3v) is 4.29. The van der Waals surface area contributed by atoms with Crippen LogP contribution in [-0.2, 0) is 0 Å². The lowest BCUT2D eigenvalue weighted by molar-refractivity contribution is 0.219. The fourth-order valence-electron chi connectivity index (χ4n) is 2.19. The molecule has 0 spiro atoms. The van der Waals surface area contributed by atoms with E-state index in [4.69, 9.17) is 23.2 Å². The average molecular weight is 267 g/mol. The van der Waals surface area contributed by atoms with Crippen molar-refractivity contribution in [2.75, 3.05) is 52.4 Å². The van der Waals surface area contributed by atoms with Crippen molar-refractivity contribution in [3.05, 3.63) is 0 Å². The van der Waals surface area contributed by atoms with Crippen LogP contribution in [0.15, 0.2) is 0 Å². The van der Waals surface area contributed by atoms with Crippen molar-refractivity contribution in [1.29, 1.82) is 0 Å². The highest BCUT2D eigenvalue weighted by molar-refractivity contribution is 6.29. The second-order valence-electron chi connectivity index (χ2n) is 4.36. The average Bonchev–Trinajstić information content (AvgIpc) is 2.42. The van der Waals surface area contributed by atoms with E-state index in [1.807, 2.05) is 0 Å². The summed E-state index contributed by atoms with van der Waals surface area (Å²) in [5.74, 6) is 0. The van der Waals surface area contributed by atoms with E-state index in [1.165, 1.54) is 0 Å². The van der Waals surface area contributed by atoms with Crippen LogP contribution in [-0.4, -0.2) is 73.2 Å². The first-order valence-corrected chi connectivity index (χ1v) is 6.83. The van der Waals surface area contributed by atoms with Crippen LogP contribution < -0.4 is 10.6 Å². The molecule has 0 saturated carbocycles. The van der Waals surface area contributed by atoms with E-state index in [0.29, 0.717) is 0 Å². The Bertz CT molecular complexity index is 217. The first-order valence-electron chi connectivity index (χ1n) is 5.96. The van der Waals surface area contributed by atoms with Gasteiger partial charge >= 0.3 is 0 Å². The number of halogens is 2. The Morgan fingerprint density at radius 2 is 1.62 bits per heavy atom. The van der Waals surface area contributed by atoms with Crippen LogP contribution in [0.4, 0.5) is 0 Å². The highest BCUT2D eigenvalue weighted by Crippen LogP contribution is 2.14. The molecule has 2 fully saturated rings. The largest absolute Gasteiger partial charge is 0.314 e. The molecule has 0 aliphatic carbocycles. The summed E-state index contributed by atoms with van der Waals surface area (Å²) in [5, 5.41) is 6.71. The van der Waals surface area contributed by atoms with E-state index < -0.39 is 0 Å². The monoisotopic (exact) mass is 266 g/mol. The summed E-state index contributed by atoms with van der Waals surface area (Å²) in [6, 6.07) is 0. The molecule has 2 bridgehead atoms. The Balaban J connectivity index is 2.04. The molecule has 94 valence electrons. The SMILES string of the molecule is ClC1NCCN2CCNCCN(CC2)C1Cl. The summed E-state index contributed by atoms with van der Waals surface area (Å²) in [4.78, 5) is 4.71. The smallest absolute Gasteiger partial charge is 0.115 e. The maximum absolute atomic E-state index is 6.37. The molecule has 2 heterocycles. The highest BCUT2D eigenvalue weighted by Gasteiger charge is 2.26. The molecule has 2 aliphatic rings. The predicted octanol–water partition coefficient (Wildman–Crippen LogP) is -0.0734. The van der Waals surface area contributed by atoms with Crippen LogP contribution in [0.25, 0.3) is 0 Å². The fourth-order valence-corrected chi connectivity index (χ4v) is 2.74. The Hall–Kier alpha value is 0.420. The fraction of sp³-hybridized carbons (Fsp3) is 1.00. The van der Waals surface area contributed by atoms with Gasteiger partial charge in [-0.1, -0.05) is 0 Å². The van der Waals surface area contributed by atoms with Crippen molar-refractivity contribution in [3.8, 4) is 0 Å². The summed E-state index contributed by atoms with van der Waals surface area (Å²) >= 11 is 12.6. The topological polar surface area (TPSA) is 30.5 Å². The van der Waals surface area contributed by atoms with Crippen molar-refractivity contribution < 1.29 is 0 Å². The molecular weight excluding hydrogens is 247 g/mol. The molecule has 0 radical (unpaired) electrons. The molecule has 2 aliphatic heterocycles. The summed E-state index contributed by atoms with van der Waals surface area (Å²) in [6.45, 7) is 8.15. The Morgan fingerprint density at radius 3 is 2.50 bits per heavy atom. The van der Waals surface area contributed by atoms with E-state index in [9.17, 15) is 0 Å². The van der Waals surface area contributed by atoms with E-state index in [2.05, 4.69) is 20.4 Å². The van der Waals surface area contributed by atoms with Crippen molar-refractivity contribution in [2.24, 2.45) is 0 Å². The minimum Gasteiger partial charge on any atom is -0.314 e. The van der Waals surface area contributed by atoms with Crippen LogP contribution in [0.5, 0.6) is 0 Å². The van der Waals surface area contributed by atoms with Gasteiger partial charge in [0, 0.05) is 52.4 Å². The summed E-state index contributed by atoms with van der Waals surface area (Å²) < 4.78 is 0. The number of hydrogen-bond donors (Lipinski definition) is 2. The maximum atomic E-state index is 6.37. The van der Waals surface area contributed by atoms with Crippen LogP contribution in [0.2, 0.25) is 0 Å². The van der Waals surface area contributed by atoms with Gasteiger partial charge in [-0.2, -0.15) is 0 Å². The number of hydrogen-bond acceptors (Lipinski definition) is 4. The highest BCUT2D eigenvalue weighted by atomic mass is 35.5. The third kappa shape index (κ3) is 3.45. The molecule has 4 nitrogen and oxygen atoms in total. The zero-order chi connectivity index (χ0) is 11.4. The van der Waals surface area contributed by atoms with Gasteiger partial charge in [0.15, 0.2) is 0 Å². The lowest BCUT2D eigenvalue weighted by Crippen LogP contribution is -2.46. The number of nitrogens with one attached hydrogen (secondary N) is 2. The molecule has 6 heteroatoms. The van der Waals surface area contributed by atoms with E-state index in [1.54, 1.807) is 0 Å². The molecule has 2 N–H and O–H groups in total. The van der Waals surface area contributed by atoms with Gasteiger partial charge in [-0.3, -0.25) is 15.1 Å². The van der Waals surface area contributed by atoms with Crippen molar-refractivity contribution in [3.63, 3.8) is 0 Å². The standard InChI is InChI=1S/C10H20Cl2N4/c11-9-10(12)16-6-2-13-1-4-15(7-8-16)5-3-14-9/h9-10,13-14H,1-8H2. The lowest BCUT2D eigenvalue weighted by atomic mass is 10.4. The number of nitrogens with zero attached hydrogens (tertiary/aromatic N) is 2. The van der Waals surface area contributed by atoms with Crippen molar-refractivity contribution in [1.82, 2.24) is 20.4 Å². The van der Waals surface area contributed by atoms with Gasteiger partial charge in [0.1, 0.15) is 11.0 Å². The Morgan fingerprint density at radius 1 is 0.875 bits per heavy atom. The minimum atomic E-state index is -0.166. The molecule has 0 aromatic heterocycles. The van der Waals surface area contributed by atoms with Gasteiger partial charge in [0.25, 0.3) is 0 Å². The van der Waals surface area contributed by atoms with Crippen molar-refractivity contribution >= 4 is 23.2 Å². The van der Waals surface area contributed by atoms with Crippen molar-refractivity contribution in [2.45, 2.75) is 11.0 Å². The molecule has 16 heavy (non-hydrogen) atoms. The van der Waals surface area contributed by atoms with Gasteiger partial charge in [-0.15, -0.1) is 23.2 Å². The first kappa shape index (κ1) is 12.9. The van der Waals surface area contributed by atoms with Gasteiger partial charge < -0.3 is 5.32 Å². The van der Waals surface area contributed by atoms with Crippen LogP contribution in [0.1, 0.15) is 0 Å². The molecule has 4 unspecified atom stereocenters. The minimum absolute atomic E-state index is 0.124.